The van der Waals surface area contributed by atoms with Crippen molar-refractivity contribution >= 4 is 15.5 Å². The number of fused-ring (bicyclic) bond motifs is 1. The standard InChI is InChI=1S/C13H17N3O2S/c1-3-10-4-7-12-13(14-9(2)16(12)8-10)19(17,18)15-11-5-6-11/h4,7-8,11,15H,3,5-6H2,1-2H3. The van der Waals surface area contributed by atoms with Crippen molar-refractivity contribution in [1.29, 1.82) is 0 Å². The molecule has 0 aliphatic heterocycles. The predicted molar refractivity (Wildman–Crippen MR) is 72.7 cm³/mol. The molecular formula is C13H17N3O2S. The molecule has 1 aliphatic rings. The van der Waals surface area contributed by atoms with E-state index in [1.54, 1.807) is 0 Å². The van der Waals surface area contributed by atoms with Crippen molar-refractivity contribution in [2.24, 2.45) is 0 Å². The molecule has 0 spiro atoms. The Morgan fingerprint density at radius 1 is 1.42 bits per heavy atom. The summed E-state index contributed by atoms with van der Waals surface area (Å²) in [5.74, 6) is 0.696. The van der Waals surface area contributed by atoms with Gasteiger partial charge in [0.2, 0.25) is 0 Å². The van der Waals surface area contributed by atoms with Crippen molar-refractivity contribution in [3.8, 4) is 0 Å². The Morgan fingerprint density at radius 2 is 2.16 bits per heavy atom. The van der Waals surface area contributed by atoms with E-state index >= 15 is 0 Å². The first-order chi connectivity index (χ1) is 9.01. The molecule has 2 aromatic heterocycles. The minimum absolute atomic E-state index is 0.0944. The monoisotopic (exact) mass is 279 g/mol. The number of sulfonamides is 1. The minimum Gasteiger partial charge on any atom is -0.302 e. The Bertz CT molecular complexity index is 730. The molecular weight excluding hydrogens is 262 g/mol. The molecule has 5 nitrogen and oxygen atoms in total. The average Bonchev–Trinajstić information content (AvgIpc) is 3.11. The second-order valence-corrected chi connectivity index (χ2v) is 6.64. The molecule has 0 unspecified atom stereocenters. The maximum atomic E-state index is 12.3. The normalized spacial score (nSPS) is 16.1. The number of nitrogens with one attached hydrogen (secondary N) is 1. The lowest BCUT2D eigenvalue weighted by Gasteiger charge is -2.04. The van der Waals surface area contributed by atoms with Crippen LogP contribution >= 0.6 is 0 Å². The first kappa shape index (κ1) is 12.6. The van der Waals surface area contributed by atoms with E-state index in [-0.39, 0.29) is 11.1 Å². The Labute approximate surface area is 112 Å². The molecule has 0 radical (unpaired) electrons. The van der Waals surface area contributed by atoms with E-state index in [0.29, 0.717) is 11.3 Å². The maximum absolute atomic E-state index is 12.3. The molecule has 0 amide bonds. The number of aryl methyl sites for hydroxylation is 2. The molecule has 0 aromatic carbocycles. The van der Waals surface area contributed by atoms with Crippen LogP contribution in [0.1, 0.15) is 31.2 Å². The molecule has 2 aromatic rings. The molecule has 102 valence electrons. The van der Waals surface area contributed by atoms with Gasteiger partial charge in [-0.25, -0.2) is 18.1 Å². The highest BCUT2D eigenvalue weighted by Gasteiger charge is 2.30. The van der Waals surface area contributed by atoms with Gasteiger partial charge < -0.3 is 4.40 Å². The SMILES string of the molecule is CCc1ccc2c(S(=O)(=O)NC3CC3)nc(C)n2c1. The third-order valence-electron chi connectivity index (χ3n) is 3.40. The van der Waals surface area contributed by atoms with Crippen LogP contribution in [-0.4, -0.2) is 23.8 Å². The molecule has 0 bridgehead atoms. The fraction of sp³-hybridized carbons (Fsp3) is 0.462. The van der Waals surface area contributed by atoms with E-state index in [1.807, 2.05) is 29.7 Å². The molecule has 6 heteroatoms. The van der Waals surface area contributed by atoms with Crippen LogP contribution in [0.4, 0.5) is 0 Å². The van der Waals surface area contributed by atoms with Crippen LogP contribution in [0.2, 0.25) is 0 Å². The van der Waals surface area contributed by atoms with Gasteiger partial charge in [0.25, 0.3) is 10.0 Å². The zero-order chi connectivity index (χ0) is 13.6. The van der Waals surface area contributed by atoms with Crippen LogP contribution in [-0.2, 0) is 16.4 Å². The molecule has 1 saturated carbocycles. The number of pyridine rings is 1. The molecule has 19 heavy (non-hydrogen) atoms. The summed E-state index contributed by atoms with van der Waals surface area (Å²) in [4.78, 5) is 4.23. The summed E-state index contributed by atoms with van der Waals surface area (Å²) in [5, 5.41) is 0.138. The van der Waals surface area contributed by atoms with Gasteiger partial charge >= 0.3 is 0 Å². The highest BCUT2D eigenvalue weighted by molar-refractivity contribution is 7.89. The van der Waals surface area contributed by atoms with Gasteiger partial charge in [-0.2, -0.15) is 0 Å². The lowest BCUT2D eigenvalue weighted by atomic mass is 10.2. The highest BCUT2D eigenvalue weighted by atomic mass is 32.2. The third kappa shape index (κ3) is 2.26. The smallest absolute Gasteiger partial charge is 0.260 e. The summed E-state index contributed by atoms with van der Waals surface area (Å²) in [6, 6.07) is 3.88. The fourth-order valence-corrected chi connectivity index (χ4v) is 3.61. The third-order valence-corrected chi connectivity index (χ3v) is 4.86. The highest BCUT2D eigenvalue weighted by Crippen LogP contribution is 2.24. The van der Waals surface area contributed by atoms with E-state index in [4.69, 9.17) is 0 Å². The van der Waals surface area contributed by atoms with Crippen LogP contribution in [0.3, 0.4) is 0 Å². The first-order valence-corrected chi connectivity index (χ1v) is 7.99. The van der Waals surface area contributed by atoms with Gasteiger partial charge in [-0.05, 0) is 37.8 Å². The second-order valence-electron chi connectivity index (χ2n) is 5.01. The second kappa shape index (κ2) is 4.31. The van der Waals surface area contributed by atoms with Crippen molar-refractivity contribution in [3.63, 3.8) is 0 Å². The van der Waals surface area contributed by atoms with Crippen molar-refractivity contribution in [2.75, 3.05) is 0 Å². The zero-order valence-corrected chi connectivity index (χ0v) is 11.9. The van der Waals surface area contributed by atoms with Gasteiger partial charge in [0.15, 0.2) is 5.03 Å². The van der Waals surface area contributed by atoms with Crippen molar-refractivity contribution in [3.05, 3.63) is 29.7 Å². The van der Waals surface area contributed by atoms with E-state index in [0.717, 1.165) is 24.8 Å². The fourth-order valence-electron chi connectivity index (χ4n) is 2.13. The molecule has 2 heterocycles. The Balaban J connectivity index is 2.13. The van der Waals surface area contributed by atoms with E-state index in [2.05, 4.69) is 16.6 Å². The lowest BCUT2D eigenvalue weighted by molar-refractivity contribution is 0.578. The number of rotatable bonds is 4. The van der Waals surface area contributed by atoms with Gasteiger partial charge in [0.1, 0.15) is 5.82 Å². The minimum atomic E-state index is -3.50. The Hall–Kier alpha value is -1.40. The molecule has 0 saturated heterocycles. The van der Waals surface area contributed by atoms with Crippen molar-refractivity contribution in [2.45, 2.75) is 44.2 Å². The van der Waals surface area contributed by atoms with Crippen molar-refractivity contribution in [1.82, 2.24) is 14.1 Å². The average molecular weight is 279 g/mol. The number of aromatic nitrogens is 2. The van der Waals surface area contributed by atoms with Gasteiger partial charge in [0.05, 0.1) is 5.52 Å². The molecule has 1 aliphatic carbocycles. The lowest BCUT2D eigenvalue weighted by Crippen LogP contribution is -2.26. The quantitative estimate of drug-likeness (QED) is 0.925. The summed E-state index contributed by atoms with van der Waals surface area (Å²) < 4.78 is 29.1. The van der Waals surface area contributed by atoms with Crippen LogP contribution in [0.15, 0.2) is 23.4 Å². The topological polar surface area (TPSA) is 63.5 Å². The van der Waals surface area contributed by atoms with Crippen LogP contribution in [0, 0.1) is 6.92 Å². The van der Waals surface area contributed by atoms with E-state index in [1.165, 1.54) is 0 Å². The summed E-state index contributed by atoms with van der Waals surface area (Å²) in [6.45, 7) is 3.89. The van der Waals surface area contributed by atoms with E-state index in [9.17, 15) is 8.42 Å². The van der Waals surface area contributed by atoms with Gasteiger partial charge in [-0.1, -0.05) is 13.0 Å². The Kier molecular flexibility index (Phi) is 2.87. The van der Waals surface area contributed by atoms with Crippen LogP contribution < -0.4 is 4.72 Å². The summed E-state index contributed by atoms with van der Waals surface area (Å²) in [6.07, 6.45) is 4.71. The number of hydrogen-bond acceptors (Lipinski definition) is 3. The van der Waals surface area contributed by atoms with E-state index < -0.39 is 10.0 Å². The first-order valence-electron chi connectivity index (χ1n) is 6.51. The van der Waals surface area contributed by atoms with Crippen LogP contribution in [0.5, 0.6) is 0 Å². The largest absolute Gasteiger partial charge is 0.302 e. The predicted octanol–water partition coefficient (Wildman–Crippen LogP) is 1.65. The van der Waals surface area contributed by atoms with Crippen LogP contribution in [0.25, 0.3) is 5.52 Å². The summed E-state index contributed by atoms with van der Waals surface area (Å²) in [7, 11) is -3.50. The number of imidazole rings is 1. The Morgan fingerprint density at radius 3 is 2.79 bits per heavy atom. The number of nitrogens with zero attached hydrogens (tertiary/aromatic N) is 2. The molecule has 1 N–H and O–H groups in total. The zero-order valence-electron chi connectivity index (χ0n) is 11.0. The van der Waals surface area contributed by atoms with Crippen molar-refractivity contribution < 1.29 is 8.42 Å². The number of hydrogen-bond donors (Lipinski definition) is 1. The summed E-state index contributed by atoms with van der Waals surface area (Å²) >= 11 is 0. The molecule has 0 atom stereocenters. The van der Waals surface area contributed by atoms with Gasteiger partial charge in [-0.3, -0.25) is 0 Å². The summed E-state index contributed by atoms with van der Waals surface area (Å²) in [5.41, 5.74) is 1.80. The van der Waals surface area contributed by atoms with Gasteiger partial charge in [0, 0.05) is 12.2 Å². The van der Waals surface area contributed by atoms with Gasteiger partial charge in [-0.15, -0.1) is 0 Å². The molecule has 1 fully saturated rings. The molecule has 3 rings (SSSR count). The maximum Gasteiger partial charge on any atom is 0.260 e.